The van der Waals surface area contributed by atoms with E-state index in [4.69, 9.17) is 4.42 Å². The highest BCUT2D eigenvalue weighted by Gasteiger charge is 2.13. The number of halogens is 1. The van der Waals surface area contributed by atoms with Gasteiger partial charge in [0.25, 0.3) is 0 Å². The summed E-state index contributed by atoms with van der Waals surface area (Å²) in [7, 11) is 0. The molecular weight excluding hydrogens is 302 g/mol. The van der Waals surface area contributed by atoms with Gasteiger partial charge >= 0.3 is 0 Å². The Morgan fingerprint density at radius 1 is 1.32 bits per heavy atom. The number of benzene rings is 1. The van der Waals surface area contributed by atoms with Gasteiger partial charge in [-0.25, -0.2) is 0 Å². The van der Waals surface area contributed by atoms with E-state index in [0.29, 0.717) is 6.04 Å². The van der Waals surface area contributed by atoms with Crippen LogP contribution < -0.4 is 5.32 Å². The van der Waals surface area contributed by atoms with Crippen molar-refractivity contribution >= 4 is 15.9 Å². The zero-order chi connectivity index (χ0) is 13.7. The average Bonchev–Trinajstić information content (AvgIpc) is 2.91. The molecule has 2 rings (SSSR count). The predicted octanol–water partition coefficient (Wildman–Crippen LogP) is 4.63. The molecule has 0 bridgehead atoms. The largest absolute Gasteiger partial charge is 0.469 e. The van der Waals surface area contributed by atoms with Gasteiger partial charge in [-0.3, -0.25) is 0 Å². The van der Waals surface area contributed by atoms with E-state index in [0.717, 1.165) is 29.6 Å². The number of rotatable bonds is 6. The van der Waals surface area contributed by atoms with Gasteiger partial charge in [0.15, 0.2) is 0 Å². The van der Waals surface area contributed by atoms with Gasteiger partial charge in [0, 0.05) is 16.9 Å². The summed E-state index contributed by atoms with van der Waals surface area (Å²) in [5.41, 5.74) is 2.57. The molecule has 0 saturated carbocycles. The van der Waals surface area contributed by atoms with Crippen molar-refractivity contribution in [3.63, 3.8) is 0 Å². The Hall–Kier alpha value is -1.06. The second kappa shape index (κ2) is 6.92. The van der Waals surface area contributed by atoms with Crippen molar-refractivity contribution in [3.05, 3.63) is 58.0 Å². The smallest absolute Gasteiger partial charge is 0.105 e. The highest BCUT2D eigenvalue weighted by atomic mass is 79.9. The minimum absolute atomic E-state index is 0.304. The summed E-state index contributed by atoms with van der Waals surface area (Å²) in [6.45, 7) is 5.32. The number of hydrogen-bond acceptors (Lipinski definition) is 2. The highest BCUT2D eigenvalue weighted by molar-refractivity contribution is 9.10. The topological polar surface area (TPSA) is 25.2 Å². The predicted molar refractivity (Wildman–Crippen MR) is 82.3 cm³/mol. The quantitative estimate of drug-likeness (QED) is 0.838. The number of nitrogens with one attached hydrogen (secondary N) is 1. The van der Waals surface area contributed by atoms with Crippen molar-refractivity contribution < 1.29 is 4.42 Å². The van der Waals surface area contributed by atoms with Crippen LogP contribution in [-0.2, 0) is 6.42 Å². The summed E-state index contributed by atoms with van der Waals surface area (Å²) in [6.07, 6.45) is 3.75. The number of aryl methyl sites for hydroxylation is 1. The fourth-order valence-corrected chi connectivity index (χ4v) is 2.39. The van der Waals surface area contributed by atoms with Gasteiger partial charge in [0.2, 0.25) is 0 Å². The molecule has 0 aliphatic carbocycles. The number of hydrogen-bond donors (Lipinski definition) is 1. The molecule has 0 aliphatic heterocycles. The lowest BCUT2D eigenvalue weighted by Gasteiger charge is -2.19. The molecule has 0 saturated heterocycles. The normalized spacial score (nSPS) is 12.6. The molecular formula is C16H20BrNO. The Morgan fingerprint density at radius 2 is 2.16 bits per heavy atom. The molecule has 102 valence electrons. The van der Waals surface area contributed by atoms with E-state index in [2.05, 4.69) is 53.3 Å². The Labute approximate surface area is 123 Å². The SMILES string of the molecule is CCCNC(Cc1ccco1)c1ccc(Br)c(C)c1. The monoisotopic (exact) mass is 321 g/mol. The van der Waals surface area contributed by atoms with Crippen LogP contribution in [0.2, 0.25) is 0 Å². The van der Waals surface area contributed by atoms with Crippen LogP contribution in [-0.4, -0.2) is 6.54 Å². The molecule has 1 heterocycles. The van der Waals surface area contributed by atoms with Crippen molar-refractivity contribution in [2.75, 3.05) is 6.54 Å². The van der Waals surface area contributed by atoms with E-state index in [1.807, 2.05) is 12.1 Å². The maximum absolute atomic E-state index is 5.47. The first-order chi connectivity index (χ1) is 9.20. The van der Waals surface area contributed by atoms with E-state index >= 15 is 0 Å². The van der Waals surface area contributed by atoms with Crippen LogP contribution in [0.1, 0.15) is 36.3 Å². The van der Waals surface area contributed by atoms with Crippen molar-refractivity contribution in [1.29, 1.82) is 0 Å². The number of furan rings is 1. The van der Waals surface area contributed by atoms with Gasteiger partial charge < -0.3 is 9.73 Å². The molecule has 1 atom stereocenters. The minimum Gasteiger partial charge on any atom is -0.469 e. The van der Waals surface area contributed by atoms with Gasteiger partial charge in [-0.05, 0) is 49.2 Å². The molecule has 0 aliphatic rings. The van der Waals surface area contributed by atoms with E-state index in [1.54, 1.807) is 6.26 Å². The fourth-order valence-electron chi connectivity index (χ4n) is 2.14. The lowest BCUT2D eigenvalue weighted by molar-refractivity contribution is 0.449. The van der Waals surface area contributed by atoms with Gasteiger partial charge in [0.1, 0.15) is 5.76 Å². The van der Waals surface area contributed by atoms with E-state index in [-0.39, 0.29) is 0 Å². The highest BCUT2D eigenvalue weighted by Crippen LogP contribution is 2.24. The second-order valence-electron chi connectivity index (χ2n) is 4.80. The summed E-state index contributed by atoms with van der Waals surface area (Å²) >= 11 is 3.55. The Balaban J connectivity index is 2.18. The van der Waals surface area contributed by atoms with Crippen LogP contribution in [0.5, 0.6) is 0 Å². The Bertz CT molecular complexity index is 507. The van der Waals surface area contributed by atoms with Crippen molar-refractivity contribution in [1.82, 2.24) is 5.32 Å². The van der Waals surface area contributed by atoms with Gasteiger partial charge in [-0.15, -0.1) is 0 Å². The van der Waals surface area contributed by atoms with Crippen molar-refractivity contribution in [2.45, 2.75) is 32.7 Å². The van der Waals surface area contributed by atoms with Crippen LogP contribution in [0, 0.1) is 6.92 Å². The summed E-state index contributed by atoms with van der Waals surface area (Å²) in [6, 6.07) is 10.8. The first kappa shape index (κ1) is 14.4. The van der Waals surface area contributed by atoms with Crippen LogP contribution >= 0.6 is 15.9 Å². The summed E-state index contributed by atoms with van der Waals surface area (Å²) < 4.78 is 6.63. The molecule has 1 N–H and O–H groups in total. The molecule has 1 unspecified atom stereocenters. The third-order valence-electron chi connectivity index (χ3n) is 3.21. The van der Waals surface area contributed by atoms with Crippen LogP contribution in [0.4, 0.5) is 0 Å². The molecule has 2 nitrogen and oxygen atoms in total. The third-order valence-corrected chi connectivity index (χ3v) is 4.10. The molecule has 19 heavy (non-hydrogen) atoms. The molecule has 0 amide bonds. The summed E-state index contributed by atoms with van der Waals surface area (Å²) in [5, 5.41) is 3.60. The lowest BCUT2D eigenvalue weighted by atomic mass is 10.0. The van der Waals surface area contributed by atoms with Crippen LogP contribution in [0.15, 0.2) is 45.5 Å². The molecule has 1 aromatic heterocycles. The first-order valence-corrected chi connectivity index (χ1v) is 7.51. The standard InChI is InChI=1S/C16H20BrNO/c1-3-8-18-16(11-14-5-4-9-19-14)13-6-7-15(17)12(2)10-13/h4-7,9-10,16,18H,3,8,11H2,1-2H3. The maximum atomic E-state index is 5.47. The Morgan fingerprint density at radius 3 is 2.79 bits per heavy atom. The molecule has 0 spiro atoms. The van der Waals surface area contributed by atoms with Crippen LogP contribution in [0.25, 0.3) is 0 Å². The van der Waals surface area contributed by atoms with Gasteiger partial charge in [0.05, 0.1) is 6.26 Å². The maximum Gasteiger partial charge on any atom is 0.105 e. The van der Waals surface area contributed by atoms with E-state index in [9.17, 15) is 0 Å². The molecule has 0 radical (unpaired) electrons. The minimum atomic E-state index is 0.304. The van der Waals surface area contributed by atoms with Crippen molar-refractivity contribution in [3.8, 4) is 0 Å². The average molecular weight is 322 g/mol. The van der Waals surface area contributed by atoms with Crippen LogP contribution in [0.3, 0.4) is 0 Å². The zero-order valence-corrected chi connectivity index (χ0v) is 13.0. The summed E-state index contributed by atoms with van der Waals surface area (Å²) in [4.78, 5) is 0. The van der Waals surface area contributed by atoms with Gasteiger partial charge in [-0.2, -0.15) is 0 Å². The fraction of sp³-hybridized carbons (Fsp3) is 0.375. The second-order valence-corrected chi connectivity index (χ2v) is 5.65. The van der Waals surface area contributed by atoms with E-state index in [1.165, 1.54) is 11.1 Å². The summed E-state index contributed by atoms with van der Waals surface area (Å²) in [5.74, 6) is 1.02. The van der Waals surface area contributed by atoms with Gasteiger partial charge in [-0.1, -0.05) is 35.0 Å². The zero-order valence-electron chi connectivity index (χ0n) is 11.4. The first-order valence-electron chi connectivity index (χ1n) is 6.72. The molecule has 1 aromatic carbocycles. The van der Waals surface area contributed by atoms with Crippen molar-refractivity contribution in [2.24, 2.45) is 0 Å². The lowest BCUT2D eigenvalue weighted by Crippen LogP contribution is -2.24. The van der Waals surface area contributed by atoms with E-state index < -0.39 is 0 Å². The Kier molecular flexibility index (Phi) is 5.23. The third kappa shape index (κ3) is 3.95. The molecule has 2 aromatic rings. The molecule has 0 fully saturated rings. The molecule has 3 heteroatoms.